The van der Waals surface area contributed by atoms with Gasteiger partial charge in [0.05, 0.1) is 0 Å². The van der Waals surface area contributed by atoms with Crippen molar-refractivity contribution in [3.63, 3.8) is 0 Å². The third-order valence-corrected chi connectivity index (χ3v) is 6.40. The van der Waals surface area contributed by atoms with Gasteiger partial charge in [0, 0.05) is 56.0 Å². The van der Waals surface area contributed by atoms with E-state index in [4.69, 9.17) is 0 Å². The van der Waals surface area contributed by atoms with Crippen LogP contribution in [0.25, 0.3) is 0 Å². The quantitative estimate of drug-likeness (QED) is 0.909. The molecule has 124 valence electrons. The van der Waals surface area contributed by atoms with E-state index < -0.39 is 0 Å². The molecule has 3 fully saturated rings. The maximum Gasteiger partial charge on any atom is 0.223 e. The maximum atomic E-state index is 12.5. The lowest BCUT2D eigenvalue weighted by atomic mass is 9.92. The summed E-state index contributed by atoms with van der Waals surface area (Å²) in [6.45, 7) is 3.24. The summed E-state index contributed by atoms with van der Waals surface area (Å²) in [6, 6.07) is 2.91. The molecule has 0 saturated carbocycles. The summed E-state index contributed by atoms with van der Waals surface area (Å²) < 4.78 is 0. The lowest BCUT2D eigenvalue weighted by Gasteiger charge is -2.46. The molecule has 5 rings (SSSR count). The maximum absolute atomic E-state index is 12.5. The Kier molecular flexibility index (Phi) is 4.11. The van der Waals surface area contributed by atoms with E-state index in [1.54, 1.807) is 11.3 Å². The predicted molar refractivity (Wildman–Crippen MR) is 89.2 cm³/mol. The van der Waals surface area contributed by atoms with Crippen LogP contribution in [0.5, 0.6) is 0 Å². The molecule has 23 heavy (non-hydrogen) atoms. The second kappa shape index (κ2) is 6.24. The highest BCUT2D eigenvalue weighted by atomic mass is 32.1. The Morgan fingerprint density at radius 3 is 2.87 bits per heavy atom. The topological polar surface area (TPSA) is 52.7 Å². The Balaban J connectivity index is 1.29. The fraction of sp³-hybridized carbons (Fsp3) is 0.647. The number of amides is 2. The van der Waals surface area contributed by atoms with E-state index in [-0.39, 0.29) is 11.8 Å². The molecule has 0 spiro atoms. The first-order valence-corrected chi connectivity index (χ1v) is 9.44. The minimum Gasteiger partial charge on any atom is -0.338 e. The minimum absolute atomic E-state index is 0.121. The average Bonchev–Trinajstić information content (AvgIpc) is 3.08. The molecule has 1 aromatic rings. The zero-order valence-electron chi connectivity index (χ0n) is 13.3. The van der Waals surface area contributed by atoms with Gasteiger partial charge in [0.1, 0.15) is 0 Å². The lowest BCUT2D eigenvalue weighted by molar-refractivity contribution is -0.141. The molecule has 4 aliphatic heterocycles. The highest BCUT2D eigenvalue weighted by Crippen LogP contribution is 2.25. The van der Waals surface area contributed by atoms with Crippen molar-refractivity contribution in [1.82, 2.24) is 15.1 Å². The second-order valence-corrected chi connectivity index (χ2v) is 7.82. The lowest BCUT2D eigenvalue weighted by Crippen LogP contribution is -2.62. The number of piperidine rings is 2. The number of carbonyl (C=O) groups excluding carboxylic acids is 2. The fourth-order valence-corrected chi connectivity index (χ4v) is 4.88. The van der Waals surface area contributed by atoms with Gasteiger partial charge in [-0.3, -0.25) is 9.59 Å². The first-order chi connectivity index (χ1) is 11.2. The van der Waals surface area contributed by atoms with Gasteiger partial charge in [-0.2, -0.15) is 0 Å². The van der Waals surface area contributed by atoms with Crippen molar-refractivity contribution >= 4 is 23.2 Å². The molecule has 0 radical (unpaired) electrons. The van der Waals surface area contributed by atoms with Crippen LogP contribution in [0.2, 0.25) is 0 Å². The number of carbonyl (C=O) groups is 2. The summed E-state index contributed by atoms with van der Waals surface area (Å²) in [6.07, 6.45) is 3.93. The highest BCUT2D eigenvalue weighted by molar-refractivity contribution is 7.10. The van der Waals surface area contributed by atoms with E-state index in [0.717, 1.165) is 32.5 Å². The Bertz CT molecular complexity index is 607. The van der Waals surface area contributed by atoms with E-state index in [0.29, 0.717) is 31.5 Å². The summed E-state index contributed by atoms with van der Waals surface area (Å²) in [7, 11) is 0. The molecule has 1 N–H and O–H groups in total. The number of piperazine rings is 1. The molecule has 5 heterocycles. The van der Waals surface area contributed by atoms with Gasteiger partial charge >= 0.3 is 0 Å². The molecule has 6 heteroatoms. The molecule has 1 aromatic heterocycles. The van der Waals surface area contributed by atoms with Crippen LogP contribution >= 0.6 is 11.3 Å². The molecular formula is C17H23N3O2S. The number of hydrogen-bond donors (Lipinski definition) is 1. The average molecular weight is 333 g/mol. The van der Waals surface area contributed by atoms with E-state index in [1.807, 2.05) is 9.80 Å². The van der Waals surface area contributed by atoms with Gasteiger partial charge in [0.15, 0.2) is 0 Å². The molecule has 2 bridgehead atoms. The molecule has 3 saturated heterocycles. The van der Waals surface area contributed by atoms with Crippen LogP contribution in [0.3, 0.4) is 0 Å². The second-order valence-electron chi connectivity index (χ2n) is 6.82. The minimum atomic E-state index is 0.121. The molecule has 2 unspecified atom stereocenters. The Hall–Kier alpha value is -1.40. The Morgan fingerprint density at radius 1 is 1.26 bits per heavy atom. The number of nitrogens with one attached hydrogen (secondary N) is 1. The first-order valence-electron chi connectivity index (χ1n) is 8.56. The van der Waals surface area contributed by atoms with E-state index in [2.05, 4.69) is 16.8 Å². The first kappa shape index (κ1) is 15.1. The van der Waals surface area contributed by atoms with Crippen LogP contribution in [0.15, 0.2) is 11.4 Å². The summed E-state index contributed by atoms with van der Waals surface area (Å²) in [5.41, 5.74) is 1.28. The summed E-state index contributed by atoms with van der Waals surface area (Å²) >= 11 is 1.78. The van der Waals surface area contributed by atoms with Gasteiger partial charge in [0.25, 0.3) is 0 Å². The zero-order valence-corrected chi connectivity index (χ0v) is 14.1. The van der Waals surface area contributed by atoms with Crippen LogP contribution in [-0.4, -0.2) is 53.3 Å². The predicted octanol–water partition coefficient (Wildman–Crippen LogP) is 1.38. The summed E-state index contributed by atoms with van der Waals surface area (Å²) in [5, 5.41) is 5.56. The van der Waals surface area contributed by atoms with Crippen LogP contribution in [0.4, 0.5) is 0 Å². The van der Waals surface area contributed by atoms with Gasteiger partial charge < -0.3 is 15.1 Å². The van der Waals surface area contributed by atoms with Crippen molar-refractivity contribution in [3.8, 4) is 0 Å². The van der Waals surface area contributed by atoms with Crippen LogP contribution in [0, 0.1) is 0 Å². The molecule has 2 amide bonds. The van der Waals surface area contributed by atoms with Gasteiger partial charge in [-0.05, 0) is 36.3 Å². The summed E-state index contributed by atoms with van der Waals surface area (Å²) in [5.74, 6) is 0.276. The number of thiophene rings is 1. The molecule has 0 aliphatic carbocycles. The van der Waals surface area contributed by atoms with Crippen molar-refractivity contribution < 1.29 is 9.59 Å². The highest BCUT2D eigenvalue weighted by Gasteiger charge is 2.36. The van der Waals surface area contributed by atoms with Crippen molar-refractivity contribution in [2.24, 2.45) is 0 Å². The van der Waals surface area contributed by atoms with Gasteiger partial charge in [-0.1, -0.05) is 0 Å². The van der Waals surface area contributed by atoms with Crippen LogP contribution in [0.1, 0.15) is 36.1 Å². The third kappa shape index (κ3) is 3.02. The van der Waals surface area contributed by atoms with E-state index >= 15 is 0 Å². The molecular weight excluding hydrogens is 310 g/mol. The number of nitrogens with zero attached hydrogens (tertiary/aromatic N) is 2. The number of fused-ring (bicyclic) bond motifs is 4. The number of rotatable bonds is 3. The van der Waals surface area contributed by atoms with E-state index in [1.165, 1.54) is 16.9 Å². The SMILES string of the molecule is O=C(CCC(=O)N1CC2CCC1CN2)N1CCc2sccc2C1. The molecule has 5 nitrogen and oxygen atoms in total. The van der Waals surface area contributed by atoms with Crippen molar-refractivity contribution in [3.05, 3.63) is 21.9 Å². The third-order valence-electron chi connectivity index (χ3n) is 5.38. The van der Waals surface area contributed by atoms with Gasteiger partial charge in [-0.25, -0.2) is 0 Å². The van der Waals surface area contributed by atoms with Crippen LogP contribution in [-0.2, 0) is 22.6 Å². The van der Waals surface area contributed by atoms with Gasteiger partial charge in [-0.15, -0.1) is 11.3 Å². The van der Waals surface area contributed by atoms with Crippen molar-refractivity contribution in [1.29, 1.82) is 0 Å². The number of hydrogen-bond acceptors (Lipinski definition) is 4. The largest absolute Gasteiger partial charge is 0.338 e. The molecule has 0 aromatic carbocycles. The van der Waals surface area contributed by atoms with Crippen LogP contribution < -0.4 is 5.32 Å². The monoisotopic (exact) mass is 333 g/mol. The Labute approximate surface area is 140 Å². The zero-order chi connectivity index (χ0) is 15.8. The van der Waals surface area contributed by atoms with Crippen molar-refractivity contribution in [2.45, 2.75) is 50.7 Å². The van der Waals surface area contributed by atoms with Crippen molar-refractivity contribution in [2.75, 3.05) is 19.6 Å². The standard InChI is InChI=1S/C17H23N3O2S/c21-16(19-7-5-15-12(10-19)6-8-23-15)3-4-17(22)20-11-13-1-2-14(20)9-18-13/h6,8,13-14,18H,1-5,7,9-11H2. The normalized spacial score (nSPS) is 26.3. The molecule has 4 aliphatic rings. The summed E-state index contributed by atoms with van der Waals surface area (Å²) in [4.78, 5) is 30.2. The Morgan fingerprint density at radius 2 is 2.13 bits per heavy atom. The van der Waals surface area contributed by atoms with E-state index in [9.17, 15) is 9.59 Å². The fourth-order valence-electron chi connectivity index (χ4n) is 3.99. The molecule has 2 atom stereocenters. The smallest absolute Gasteiger partial charge is 0.223 e. The van der Waals surface area contributed by atoms with Gasteiger partial charge in [0.2, 0.25) is 11.8 Å².